The Hall–Kier alpha value is -6.28. The summed E-state index contributed by atoms with van der Waals surface area (Å²) in [6.07, 6.45) is 0.0273. The Morgan fingerprint density at radius 2 is 1.68 bits per heavy atom. The number of carbonyl (C=O) groups excluding carboxylic acids is 4. The number of rotatable bonds is 22. The van der Waals surface area contributed by atoms with Gasteiger partial charge in [0.25, 0.3) is 5.91 Å². The number of unbranched alkanes of at least 4 members (excludes halogenated alkanes) is 2. The molecule has 4 aromatic rings. The molecule has 6 rings (SSSR count). The molecule has 2 aliphatic rings. The third-order valence-electron chi connectivity index (χ3n) is 12.4. The van der Waals surface area contributed by atoms with Crippen molar-refractivity contribution >= 4 is 63.7 Å². The fourth-order valence-electron chi connectivity index (χ4n) is 8.51. The molecule has 2 saturated heterocycles. The summed E-state index contributed by atoms with van der Waals surface area (Å²) >= 11 is 7.12. The molecule has 2 aliphatic heterocycles. The van der Waals surface area contributed by atoms with E-state index in [2.05, 4.69) is 20.6 Å². The number of nitriles is 1. The van der Waals surface area contributed by atoms with Crippen LogP contribution in [0, 0.1) is 29.5 Å². The minimum atomic E-state index is -5.21. The van der Waals surface area contributed by atoms with Gasteiger partial charge in [0, 0.05) is 39.0 Å². The Balaban J connectivity index is 0.872. The number of anilines is 2. The number of carbonyl (C=O) groups is 4. The number of ether oxygens (including phenoxy) is 4. The quantitative estimate of drug-likeness (QED) is 0.0435. The third-order valence-corrected chi connectivity index (χ3v) is 13.7. The van der Waals surface area contributed by atoms with E-state index in [1.54, 1.807) is 16.2 Å². The molecule has 1 unspecified atom stereocenters. The molecule has 22 heteroatoms. The second-order valence-corrected chi connectivity index (χ2v) is 20.3. The van der Waals surface area contributed by atoms with Gasteiger partial charge in [0.15, 0.2) is 10.9 Å². The summed E-state index contributed by atoms with van der Waals surface area (Å²) in [7, 11) is 1.36. The Kier molecular flexibility index (Phi) is 18.5. The summed E-state index contributed by atoms with van der Waals surface area (Å²) in [5.74, 6) is -3.22. The summed E-state index contributed by atoms with van der Waals surface area (Å²) < 4.78 is 79.6. The Morgan fingerprint density at radius 1 is 0.986 bits per heavy atom. The second kappa shape index (κ2) is 24.2. The molecule has 0 bridgehead atoms. The minimum Gasteiger partial charge on any atom is -0.494 e. The maximum absolute atomic E-state index is 15.5. The molecule has 2 fully saturated rings. The summed E-state index contributed by atoms with van der Waals surface area (Å²) in [5.41, 5.74) is -0.676. The molecule has 0 spiro atoms. The van der Waals surface area contributed by atoms with Gasteiger partial charge in [0.2, 0.25) is 23.6 Å². The molecule has 16 nitrogen and oxygen atoms in total. The number of likely N-dealkylation sites (tertiary alicyclic amines) is 1. The highest BCUT2D eigenvalue weighted by molar-refractivity contribution is 7.81. The van der Waals surface area contributed by atoms with Crippen molar-refractivity contribution in [3.63, 3.8) is 0 Å². The molecular formula is C51H60F4N8O8S2. The molecule has 4 heterocycles. The highest BCUT2D eigenvalue weighted by Crippen LogP contribution is 2.44. The normalized spacial score (nSPS) is 16.1. The molecule has 0 saturated carbocycles. The van der Waals surface area contributed by atoms with Crippen molar-refractivity contribution in [3.05, 3.63) is 82.4 Å². The first-order valence-corrected chi connectivity index (χ1v) is 25.1. The number of alkyl halides is 3. The number of benzene rings is 2. The number of hydrogen-bond donors (Lipinski definition) is 2. The van der Waals surface area contributed by atoms with E-state index in [-0.39, 0.29) is 47.5 Å². The van der Waals surface area contributed by atoms with Crippen LogP contribution in [-0.2, 0) is 41.4 Å². The van der Waals surface area contributed by atoms with Crippen LogP contribution in [0.4, 0.5) is 28.9 Å². The highest BCUT2D eigenvalue weighted by atomic mass is 32.1. The van der Waals surface area contributed by atoms with Crippen LogP contribution in [0.25, 0.3) is 10.4 Å². The van der Waals surface area contributed by atoms with Crippen molar-refractivity contribution < 1.29 is 55.7 Å². The van der Waals surface area contributed by atoms with Crippen LogP contribution in [-0.4, -0.2) is 108 Å². The van der Waals surface area contributed by atoms with E-state index in [9.17, 15) is 37.6 Å². The number of nitrogens with zero attached hydrogens (tertiary/aromatic N) is 6. The van der Waals surface area contributed by atoms with Crippen LogP contribution in [0.5, 0.6) is 11.6 Å². The molecule has 73 heavy (non-hydrogen) atoms. The van der Waals surface area contributed by atoms with Gasteiger partial charge in [-0.25, -0.2) is 14.4 Å². The lowest BCUT2D eigenvalue weighted by molar-refractivity contribution is -0.144. The van der Waals surface area contributed by atoms with E-state index in [4.69, 9.17) is 31.2 Å². The zero-order chi connectivity index (χ0) is 53.3. The van der Waals surface area contributed by atoms with Gasteiger partial charge in [0.05, 0.1) is 53.3 Å². The number of halogens is 4. The predicted octanol–water partition coefficient (Wildman–Crippen LogP) is 8.28. The molecule has 2 aromatic carbocycles. The molecule has 2 atom stereocenters. The third kappa shape index (κ3) is 13.3. The van der Waals surface area contributed by atoms with Gasteiger partial charge >= 0.3 is 6.18 Å². The van der Waals surface area contributed by atoms with Gasteiger partial charge < -0.3 is 34.5 Å². The van der Waals surface area contributed by atoms with E-state index in [0.29, 0.717) is 63.5 Å². The van der Waals surface area contributed by atoms with Crippen molar-refractivity contribution in [1.82, 2.24) is 25.5 Å². The maximum atomic E-state index is 15.5. The zero-order valence-electron chi connectivity index (χ0n) is 41.8. The monoisotopic (exact) mass is 1050 g/mol. The van der Waals surface area contributed by atoms with E-state index in [1.807, 2.05) is 57.5 Å². The fraction of sp³-hybridized carbons (Fsp3) is 0.490. The first-order valence-electron chi connectivity index (χ1n) is 23.8. The van der Waals surface area contributed by atoms with Crippen molar-refractivity contribution in [1.29, 1.82) is 5.26 Å². The number of pyridine rings is 1. The van der Waals surface area contributed by atoms with Crippen molar-refractivity contribution in [2.45, 2.75) is 110 Å². The Morgan fingerprint density at radius 3 is 2.34 bits per heavy atom. The number of thiocarbonyl (C=S) groups is 1. The van der Waals surface area contributed by atoms with E-state index in [1.165, 1.54) is 44.2 Å². The fourth-order valence-corrected chi connectivity index (χ4v) is 9.83. The Labute approximate surface area is 431 Å². The first-order chi connectivity index (χ1) is 34.6. The van der Waals surface area contributed by atoms with Gasteiger partial charge in [-0.15, -0.1) is 11.3 Å². The topological polar surface area (TPSA) is 189 Å². The average molecular weight is 1050 g/mol. The van der Waals surface area contributed by atoms with E-state index >= 15 is 4.39 Å². The van der Waals surface area contributed by atoms with Crippen LogP contribution in [0.15, 0.2) is 54.2 Å². The van der Waals surface area contributed by atoms with Gasteiger partial charge in [0.1, 0.15) is 41.2 Å². The molecule has 2 N–H and O–H groups in total. The van der Waals surface area contributed by atoms with Gasteiger partial charge in [-0.05, 0) is 100 Å². The van der Waals surface area contributed by atoms with Crippen LogP contribution in [0.1, 0.15) is 95.5 Å². The largest absolute Gasteiger partial charge is 0.494 e. The van der Waals surface area contributed by atoms with Crippen molar-refractivity contribution in [2.24, 2.45) is 5.41 Å². The highest BCUT2D eigenvalue weighted by Gasteiger charge is 2.53. The van der Waals surface area contributed by atoms with E-state index < -0.39 is 63.7 Å². The molecule has 2 aromatic heterocycles. The lowest BCUT2D eigenvalue weighted by Gasteiger charge is -2.35. The van der Waals surface area contributed by atoms with Crippen molar-refractivity contribution in [3.8, 4) is 28.1 Å². The van der Waals surface area contributed by atoms with Crippen molar-refractivity contribution in [2.75, 3.05) is 56.5 Å². The predicted molar refractivity (Wildman–Crippen MR) is 269 cm³/mol. The molecule has 0 radical (unpaired) electrons. The number of aromatic nitrogens is 2. The number of aryl methyl sites for hydroxylation is 1. The summed E-state index contributed by atoms with van der Waals surface area (Å²) in [4.78, 5) is 67.3. The lowest BCUT2D eigenvalue weighted by Crippen LogP contribution is -2.58. The number of methoxy groups -OCH3 is 1. The number of amides is 4. The molecule has 392 valence electrons. The summed E-state index contributed by atoms with van der Waals surface area (Å²) in [6, 6.07) is 11.0. The molecular weight excluding hydrogens is 993 g/mol. The first kappa shape index (κ1) is 56.0. The van der Waals surface area contributed by atoms with Crippen LogP contribution in [0.3, 0.4) is 0 Å². The second-order valence-electron chi connectivity index (χ2n) is 19.1. The van der Waals surface area contributed by atoms with Crippen LogP contribution < -0.4 is 29.9 Å². The van der Waals surface area contributed by atoms with E-state index in [0.717, 1.165) is 46.7 Å². The van der Waals surface area contributed by atoms with Gasteiger partial charge in [-0.1, -0.05) is 45.0 Å². The average Bonchev–Trinajstić information content (AvgIpc) is 4.06. The minimum absolute atomic E-state index is 0.180. The number of thiazole rings is 1. The van der Waals surface area contributed by atoms with Gasteiger partial charge in [-0.3, -0.25) is 29.0 Å². The summed E-state index contributed by atoms with van der Waals surface area (Å²) in [6.45, 7) is 12.4. The standard InChI is InChI=1S/C51H60F4N8O8S2/c1-31-43(73-30-59-31)33-16-14-32(15-17-33)27-58-45(65)36-13-11-20-61(36)46(66)44(49(2,3)4)60-39(64)29-70-23-12-22-69-21-9-8-10-24-71-40-25-38(68-7)37(28-57-40)63-48(72)62(47(67)50(63,5)6)35-19-18-34(26-56)41(42(35)52)51(53,54)55/h14-19,25,28,30,36,44H,8-13,20-24,27,29H2,1-7H3,(H,58,65)(H,60,64)/t36?,44-/m1/s1. The maximum Gasteiger partial charge on any atom is 0.420 e. The number of nitrogens with one attached hydrogen (secondary N) is 2. The SMILES string of the molecule is COc1cc(OCCCCCOCCCOCC(=O)N[C@H](C(=O)N2CCCC2C(=O)NCc2ccc(-c3scnc3C)cc2)C(C)(C)C)ncc1N1C(=S)N(c2ccc(C#N)c(C(F)(F)F)c2F)C(=O)C1(C)C. The van der Waals surface area contributed by atoms with Crippen LogP contribution in [0.2, 0.25) is 0 Å². The van der Waals surface area contributed by atoms with Crippen LogP contribution >= 0.6 is 23.6 Å². The molecule has 4 amide bonds. The summed E-state index contributed by atoms with van der Waals surface area (Å²) in [5, 5.41) is 14.7. The lowest BCUT2D eigenvalue weighted by atomic mass is 9.85. The molecule has 0 aliphatic carbocycles. The Bertz CT molecular complexity index is 2690. The zero-order valence-corrected chi connectivity index (χ0v) is 43.5. The number of hydrogen-bond acceptors (Lipinski definition) is 13. The smallest absolute Gasteiger partial charge is 0.420 e. The van der Waals surface area contributed by atoms with Gasteiger partial charge in [-0.2, -0.15) is 18.4 Å².